The summed E-state index contributed by atoms with van der Waals surface area (Å²) in [6.07, 6.45) is -3.20. The number of carbonyl (C=O) groups excluding carboxylic acids is 1. The lowest BCUT2D eigenvalue weighted by Gasteiger charge is -2.27. The minimum absolute atomic E-state index is 0.0756. The van der Waals surface area contributed by atoms with Crippen LogP contribution in [-0.2, 0) is 15.7 Å². The number of benzene rings is 3. The molecule has 3 aromatic heterocycles. The predicted molar refractivity (Wildman–Crippen MR) is 194 cm³/mol. The Morgan fingerprint density at radius 3 is 2.40 bits per heavy atom. The second-order valence-corrected chi connectivity index (χ2v) is 13.8. The SMILES string of the molecule is CCOC(=O)C1=C(c2ccccc2)N=c2s/c(=C\c3ccc(Sc4nc(-c5ccccc5)cc(C(F)(F)F)n4)o3)c(=O)n2[C@@H]1c1cc(Cl)ccc1OC. The van der Waals surface area contributed by atoms with Crippen molar-refractivity contribution >= 4 is 52.4 Å². The van der Waals surface area contributed by atoms with E-state index in [-0.39, 0.29) is 43.2 Å². The van der Waals surface area contributed by atoms with Gasteiger partial charge in [-0.1, -0.05) is 83.6 Å². The van der Waals surface area contributed by atoms with Crippen LogP contribution in [0.15, 0.2) is 127 Å². The van der Waals surface area contributed by atoms with Crippen molar-refractivity contribution in [2.75, 3.05) is 13.7 Å². The Kier molecular flexibility index (Phi) is 10.1. The number of fused-ring (bicyclic) bond motifs is 1. The van der Waals surface area contributed by atoms with Crippen LogP contribution in [0.2, 0.25) is 5.02 Å². The maximum Gasteiger partial charge on any atom is 0.433 e. The molecule has 0 saturated carbocycles. The molecule has 1 aliphatic heterocycles. The van der Waals surface area contributed by atoms with Gasteiger partial charge in [-0.25, -0.2) is 19.8 Å². The number of methoxy groups -OCH3 is 1. The number of hydrogen-bond donors (Lipinski definition) is 0. The average Bonchev–Trinajstić information content (AvgIpc) is 3.73. The third-order valence-corrected chi connectivity index (χ3v) is 10.00. The lowest BCUT2D eigenvalue weighted by Crippen LogP contribution is -2.40. The van der Waals surface area contributed by atoms with Gasteiger partial charge >= 0.3 is 12.1 Å². The van der Waals surface area contributed by atoms with Crippen LogP contribution in [0.3, 0.4) is 0 Å². The Hall–Kier alpha value is -5.44. The molecule has 1 atom stereocenters. The van der Waals surface area contributed by atoms with Gasteiger partial charge in [0, 0.05) is 27.8 Å². The van der Waals surface area contributed by atoms with Crippen LogP contribution in [-0.4, -0.2) is 34.2 Å². The first kappa shape index (κ1) is 35.9. The molecule has 6 aromatic rings. The zero-order valence-electron chi connectivity index (χ0n) is 27.8. The van der Waals surface area contributed by atoms with Gasteiger partial charge in [0.05, 0.1) is 35.2 Å². The fourth-order valence-corrected chi connectivity index (χ4v) is 7.62. The predicted octanol–water partition coefficient (Wildman–Crippen LogP) is 7.82. The van der Waals surface area contributed by atoms with Crippen molar-refractivity contribution in [3.05, 3.63) is 150 Å². The first-order chi connectivity index (χ1) is 25.5. The highest BCUT2D eigenvalue weighted by Crippen LogP contribution is 2.40. The summed E-state index contributed by atoms with van der Waals surface area (Å²) < 4.78 is 60.1. The molecule has 4 heterocycles. The molecule has 0 aliphatic carbocycles. The highest BCUT2D eigenvalue weighted by molar-refractivity contribution is 7.99. The molecule has 1 aliphatic rings. The number of esters is 1. The van der Waals surface area contributed by atoms with Crippen molar-refractivity contribution in [2.24, 2.45) is 4.99 Å². The molecule has 0 radical (unpaired) electrons. The van der Waals surface area contributed by atoms with E-state index in [2.05, 4.69) is 9.97 Å². The van der Waals surface area contributed by atoms with Crippen LogP contribution >= 0.6 is 34.7 Å². The molecule has 0 bridgehead atoms. The molecule has 53 heavy (non-hydrogen) atoms. The molecule has 9 nitrogen and oxygen atoms in total. The zero-order chi connectivity index (χ0) is 37.3. The van der Waals surface area contributed by atoms with Gasteiger partial charge in [0.2, 0.25) is 0 Å². The molecule has 0 N–H and O–H groups in total. The summed E-state index contributed by atoms with van der Waals surface area (Å²) in [5.74, 6) is -0.0563. The van der Waals surface area contributed by atoms with E-state index in [1.165, 1.54) is 17.8 Å². The van der Waals surface area contributed by atoms with Gasteiger partial charge in [0.25, 0.3) is 5.56 Å². The van der Waals surface area contributed by atoms with Crippen molar-refractivity contribution in [1.82, 2.24) is 14.5 Å². The monoisotopic (exact) mass is 774 g/mol. The van der Waals surface area contributed by atoms with Gasteiger partial charge in [-0.2, -0.15) is 13.2 Å². The summed E-state index contributed by atoms with van der Waals surface area (Å²) in [6.45, 7) is 1.76. The summed E-state index contributed by atoms with van der Waals surface area (Å²) >= 11 is 8.34. The van der Waals surface area contributed by atoms with Crippen molar-refractivity contribution < 1.29 is 31.9 Å². The second-order valence-electron chi connectivity index (χ2n) is 11.4. The van der Waals surface area contributed by atoms with Crippen LogP contribution in [0.1, 0.15) is 35.5 Å². The number of carbonyl (C=O) groups is 1. The Labute approximate surface area is 312 Å². The molecular formula is C38H26ClF3N4O5S2. The van der Waals surface area contributed by atoms with E-state index >= 15 is 0 Å². The number of nitrogens with zero attached hydrogens (tertiary/aromatic N) is 4. The van der Waals surface area contributed by atoms with E-state index in [9.17, 15) is 22.8 Å². The summed E-state index contributed by atoms with van der Waals surface area (Å²) in [7, 11) is 1.47. The Morgan fingerprint density at radius 1 is 1.00 bits per heavy atom. The summed E-state index contributed by atoms with van der Waals surface area (Å²) in [6, 6.07) is 25.4. The minimum Gasteiger partial charge on any atom is -0.496 e. The smallest absolute Gasteiger partial charge is 0.433 e. The van der Waals surface area contributed by atoms with Crippen molar-refractivity contribution in [3.8, 4) is 17.0 Å². The highest BCUT2D eigenvalue weighted by atomic mass is 35.5. The number of thiazole rings is 1. The topological polar surface area (TPSA) is 109 Å². The van der Waals surface area contributed by atoms with E-state index in [1.807, 2.05) is 18.2 Å². The maximum atomic E-state index is 14.3. The second kappa shape index (κ2) is 14.9. The first-order valence-corrected chi connectivity index (χ1v) is 18.0. The molecule has 0 fully saturated rings. The van der Waals surface area contributed by atoms with Crippen LogP contribution < -0.4 is 19.6 Å². The molecule has 3 aromatic carbocycles. The zero-order valence-corrected chi connectivity index (χ0v) is 30.1. The molecule has 0 unspecified atom stereocenters. The van der Waals surface area contributed by atoms with Crippen molar-refractivity contribution in [3.63, 3.8) is 0 Å². The Bertz CT molecular complexity index is 2550. The van der Waals surface area contributed by atoms with Crippen LogP contribution in [0.5, 0.6) is 5.75 Å². The number of alkyl halides is 3. The number of rotatable bonds is 9. The fraction of sp³-hybridized carbons (Fsp3) is 0.132. The normalized spacial score (nSPS) is 14.5. The highest BCUT2D eigenvalue weighted by Gasteiger charge is 2.37. The van der Waals surface area contributed by atoms with E-state index < -0.39 is 29.4 Å². The number of hydrogen-bond acceptors (Lipinski definition) is 10. The summed E-state index contributed by atoms with van der Waals surface area (Å²) in [4.78, 5) is 41.3. The summed E-state index contributed by atoms with van der Waals surface area (Å²) in [5.41, 5.74) is 0.505. The molecule has 15 heteroatoms. The van der Waals surface area contributed by atoms with E-state index in [0.29, 0.717) is 33.2 Å². The van der Waals surface area contributed by atoms with E-state index in [1.54, 1.807) is 79.7 Å². The number of furan rings is 1. The molecular weight excluding hydrogens is 749 g/mol. The van der Waals surface area contributed by atoms with Crippen molar-refractivity contribution in [2.45, 2.75) is 29.4 Å². The number of aromatic nitrogens is 3. The molecule has 0 saturated heterocycles. The largest absolute Gasteiger partial charge is 0.496 e. The van der Waals surface area contributed by atoms with E-state index in [4.69, 9.17) is 30.5 Å². The average molecular weight is 775 g/mol. The van der Waals surface area contributed by atoms with Gasteiger partial charge in [0.15, 0.2) is 15.1 Å². The number of ether oxygens (including phenoxy) is 2. The third kappa shape index (κ3) is 7.43. The van der Waals surface area contributed by atoms with Gasteiger partial charge in [-0.3, -0.25) is 9.36 Å². The Balaban J connectivity index is 1.34. The number of halogens is 4. The quantitative estimate of drug-likeness (QED) is 0.108. The molecule has 0 spiro atoms. The van der Waals surface area contributed by atoms with Crippen LogP contribution in [0.25, 0.3) is 23.0 Å². The minimum atomic E-state index is -4.70. The Morgan fingerprint density at radius 2 is 1.72 bits per heavy atom. The lowest BCUT2D eigenvalue weighted by atomic mass is 9.92. The molecule has 268 valence electrons. The standard InChI is InChI=1S/C38H26ClF3N4O5S2/c1-3-50-35(48)31-32(22-12-8-5-9-13-22)45-37-46(33(31)25-18-23(39)14-16-27(25)49-2)34(47)28(52-37)19-24-15-17-30(51-24)53-36-43-26(21-10-6-4-7-11-21)20-29(44-36)38(40,41)42/h4-20,33H,3H2,1-2H3/b28-19-/t33-/m1/s1. The van der Waals surface area contributed by atoms with Gasteiger partial charge < -0.3 is 13.9 Å². The van der Waals surface area contributed by atoms with Crippen LogP contribution in [0, 0.1) is 0 Å². The maximum absolute atomic E-state index is 14.3. The van der Waals surface area contributed by atoms with Gasteiger partial charge in [0.1, 0.15) is 23.2 Å². The third-order valence-electron chi connectivity index (χ3n) is 7.99. The van der Waals surface area contributed by atoms with Crippen molar-refractivity contribution in [1.29, 1.82) is 0 Å². The lowest BCUT2D eigenvalue weighted by molar-refractivity contribution is -0.141. The van der Waals surface area contributed by atoms with Gasteiger partial charge in [-0.05, 0) is 55.1 Å². The summed E-state index contributed by atoms with van der Waals surface area (Å²) in [5, 5.41) is 0.375. The fourth-order valence-electron chi connectivity index (χ4n) is 5.71. The molecule has 0 amide bonds. The van der Waals surface area contributed by atoms with E-state index in [0.717, 1.165) is 29.2 Å². The first-order valence-electron chi connectivity index (χ1n) is 16.0. The van der Waals surface area contributed by atoms with Crippen LogP contribution in [0.4, 0.5) is 13.2 Å². The molecule has 7 rings (SSSR count). The van der Waals surface area contributed by atoms with Gasteiger partial charge in [-0.15, -0.1) is 0 Å².